The van der Waals surface area contributed by atoms with Crippen LogP contribution in [0.1, 0.15) is 33.1 Å². The molecule has 0 aromatic carbocycles. The first-order valence-electron chi connectivity index (χ1n) is 5.70. The molecule has 0 atom stereocenters. The smallest absolute Gasteiger partial charge is 0.349 e. The van der Waals surface area contributed by atoms with Crippen LogP contribution in [0, 0.1) is 6.92 Å². The summed E-state index contributed by atoms with van der Waals surface area (Å²) in [6, 6.07) is 1.69. The third-order valence-electron chi connectivity index (χ3n) is 2.22. The van der Waals surface area contributed by atoms with Crippen LogP contribution in [0.4, 0.5) is 0 Å². The second-order valence-corrected chi connectivity index (χ2v) is 5.25. The van der Waals surface area contributed by atoms with Gasteiger partial charge in [0.25, 0.3) is 0 Å². The molecule has 0 saturated carbocycles. The third-order valence-corrected chi connectivity index (χ3v) is 3.39. The van der Waals surface area contributed by atoms with Gasteiger partial charge in [-0.2, -0.15) is 0 Å². The highest BCUT2D eigenvalue weighted by Crippen LogP contribution is 2.18. The zero-order chi connectivity index (χ0) is 13.8. The van der Waals surface area contributed by atoms with E-state index >= 15 is 0 Å². The molecular formula is C12H12ClN3O2S. The molecule has 0 radical (unpaired) electrons. The quantitative estimate of drug-likeness (QED) is 0.641. The first kappa shape index (κ1) is 13.9. The maximum Gasteiger partial charge on any atom is 0.349 e. The standard InChI is InChI=1S/C12H12ClN3O2S/c1-3-18-12(17)9-6-14-11(19-9)5-8-4-10(13)16-7(2)15-8/h4,6H,3,5H2,1-2H3. The molecule has 0 saturated heterocycles. The number of thiazole rings is 1. The summed E-state index contributed by atoms with van der Waals surface area (Å²) in [5.74, 6) is 0.271. The molecule has 0 aliphatic rings. The average molecular weight is 298 g/mol. The maximum absolute atomic E-state index is 11.5. The van der Waals surface area contributed by atoms with Gasteiger partial charge in [-0.05, 0) is 19.9 Å². The Morgan fingerprint density at radius 3 is 2.95 bits per heavy atom. The highest BCUT2D eigenvalue weighted by Gasteiger charge is 2.12. The molecule has 0 fully saturated rings. The molecule has 0 aliphatic carbocycles. The van der Waals surface area contributed by atoms with Crippen molar-refractivity contribution >= 4 is 28.9 Å². The van der Waals surface area contributed by atoms with E-state index in [4.69, 9.17) is 16.3 Å². The molecule has 2 aromatic rings. The van der Waals surface area contributed by atoms with Gasteiger partial charge in [-0.3, -0.25) is 0 Å². The van der Waals surface area contributed by atoms with Crippen LogP contribution in [0.3, 0.4) is 0 Å². The molecule has 5 nitrogen and oxygen atoms in total. The molecule has 0 spiro atoms. The monoisotopic (exact) mass is 297 g/mol. The van der Waals surface area contributed by atoms with E-state index in [2.05, 4.69) is 15.0 Å². The molecule has 2 rings (SSSR count). The molecule has 2 aromatic heterocycles. The number of rotatable bonds is 4. The van der Waals surface area contributed by atoms with Crippen LogP contribution < -0.4 is 0 Å². The topological polar surface area (TPSA) is 65.0 Å². The minimum atomic E-state index is -0.344. The molecule has 0 aliphatic heterocycles. The number of halogens is 1. The number of carbonyl (C=O) groups excluding carboxylic acids is 1. The van der Waals surface area contributed by atoms with Gasteiger partial charge in [0.1, 0.15) is 15.9 Å². The van der Waals surface area contributed by atoms with E-state index in [0.717, 1.165) is 10.7 Å². The Morgan fingerprint density at radius 2 is 2.26 bits per heavy atom. The van der Waals surface area contributed by atoms with Crippen molar-refractivity contribution in [3.8, 4) is 0 Å². The van der Waals surface area contributed by atoms with Crippen molar-refractivity contribution in [2.24, 2.45) is 0 Å². The second-order valence-electron chi connectivity index (χ2n) is 3.74. The van der Waals surface area contributed by atoms with E-state index in [1.807, 2.05) is 0 Å². The summed E-state index contributed by atoms with van der Waals surface area (Å²) in [6.07, 6.45) is 2.04. The molecular weight excluding hydrogens is 286 g/mol. The summed E-state index contributed by atoms with van der Waals surface area (Å²) < 4.78 is 4.91. The van der Waals surface area contributed by atoms with Gasteiger partial charge in [0.2, 0.25) is 0 Å². The Balaban J connectivity index is 2.13. The molecule has 0 unspecified atom stereocenters. The molecule has 0 bridgehead atoms. The van der Waals surface area contributed by atoms with Crippen LogP contribution in [0.5, 0.6) is 0 Å². The molecule has 0 N–H and O–H groups in total. The van der Waals surface area contributed by atoms with Crippen LogP contribution >= 0.6 is 22.9 Å². The zero-order valence-electron chi connectivity index (χ0n) is 10.5. The van der Waals surface area contributed by atoms with Crippen molar-refractivity contribution in [1.82, 2.24) is 15.0 Å². The van der Waals surface area contributed by atoms with E-state index in [1.165, 1.54) is 17.5 Å². The van der Waals surface area contributed by atoms with Gasteiger partial charge in [0, 0.05) is 6.42 Å². The largest absolute Gasteiger partial charge is 0.462 e. The number of aromatic nitrogens is 3. The minimum Gasteiger partial charge on any atom is -0.462 e. The summed E-state index contributed by atoms with van der Waals surface area (Å²) in [6.45, 7) is 3.90. The lowest BCUT2D eigenvalue weighted by molar-refractivity contribution is 0.0532. The van der Waals surface area contributed by atoms with Gasteiger partial charge >= 0.3 is 5.97 Å². The van der Waals surface area contributed by atoms with Gasteiger partial charge in [0.05, 0.1) is 23.5 Å². The van der Waals surface area contributed by atoms with E-state index in [-0.39, 0.29) is 5.97 Å². The Labute approximate surface area is 119 Å². The Kier molecular flexibility index (Phi) is 4.44. The highest BCUT2D eigenvalue weighted by atomic mass is 35.5. The zero-order valence-corrected chi connectivity index (χ0v) is 12.1. The Hall–Kier alpha value is -1.53. The highest BCUT2D eigenvalue weighted by molar-refractivity contribution is 7.13. The molecule has 0 amide bonds. The first-order valence-corrected chi connectivity index (χ1v) is 6.90. The fourth-order valence-corrected chi connectivity index (χ4v) is 2.60. The number of aryl methyl sites for hydroxylation is 1. The second kappa shape index (κ2) is 6.08. The van der Waals surface area contributed by atoms with Gasteiger partial charge in [0.15, 0.2) is 0 Å². The Bertz CT molecular complexity index is 580. The van der Waals surface area contributed by atoms with Crippen LogP contribution in [-0.4, -0.2) is 27.5 Å². The van der Waals surface area contributed by atoms with E-state index in [0.29, 0.717) is 28.9 Å². The predicted octanol–water partition coefficient (Wildman–Crippen LogP) is 2.66. The number of hydrogen-bond acceptors (Lipinski definition) is 6. The molecule has 7 heteroatoms. The number of carbonyl (C=O) groups is 1. The van der Waals surface area contributed by atoms with Crippen molar-refractivity contribution in [2.45, 2.75) is 20.3 Å². The van der Waals surface area contributed by atoms with Gasteiger partial charge < -0.3 is 4.74 Å². The average Bonchev–Trinajstić information content (AvgIpc) is 2.76. The summed E-state index contributed by atoms with van der Waals surface area (Å²) in [5, 5.41) is 1.20. The van der Waals surface area contributed by atoms with Crippen LogP contribution in [0.2, 0.25) is 5.15 Å². The fraction of sp³-hybridized carbons (Fsp3) is 0.333. The van der Waals surface area contributed by atoms with Crippen molar-refractivity contribution in [1.29, 1.82) is 0 Å². The Morgan fingerprint density at radius 1 is 1.47 bits per heavy atom. The summed E-state index contributed by atoms with van der Waals surface area (Å²) >= 11 is 7.17. The molecule has 2 heterocycles. The molecule has 100 valence electrons. The normalized spacial score (nSPS) is 10.5. The SMILES string of the molecule is CCOC(=O)c1cnc(Cc2cc(Cl)nc(C)n2)s1. The fourth-order valence-electron chi connectivity index (χ4n) is 1.52. The number of ether oxygens (including phenoxy) is 1. The number of esters is 1. The van der Waals surface area contributed by atoms with Crippen molar-refractivity contribution in [3.05, 3.63) is 38.8 Å². The van der Waals surface area contributed by atoms with Crippen molar-refractivity contribution in [2.75, 3.05) is 6.61 Å². The number of hydrogen-bond donors (Lipinski definition) is 0. The summed E-state index contributed by atoms with van der Waals surface area (Å²) in [7, 11) is 0. The lowest BCUT2D eigenvalue weighted by atomic mass is 10.3. The van der Waals surface area contributed by atoms with E-state index in [9.17, 15) is 4.79 Å². The maximum atomic E-state index is 11.5. The molecule has 19 heavy (non-hydrogen) atoms. The number of nitrogens with zero attached hydrogens (tertiary/aromatic N) is 3. The lowest BCUT2D eigenvalue weighted by Crippen LogP contribution is -2.01. The van der Waals surface area contributed by atoms with Crippen LogP contribution in [0.15, 0.2) is 12.3 Å². The van der Waals surface area contributed by atoms with Gasteiger partial charge in [-0.15, -0.1) is 11.3 Å². The van der Waals surface area contributed by atoms with E-state index < -0.39 is 0 Å². The first-order chi connectivity index (χ1) is 9.08. The van der Waals surface area contributed by atoms with Crippen molar-refractivity contribution < 1.29 is 9.53 Å². The van der Waals surface area contributed by atoms with Crippen molar-refractivity contribution in [3.63, 3.8) is 0 Å². The summed E-state index contributed by atoms with van der Waals surface area (Å²) in [5.41, 5.74) is 0.780. The minimum absolute atomic E-state index is 0.344. The van der Waals surface area contributed by atoms with Crippen LogP contribution in [0.25, 0.3) is 0 Å². The predicted molar refractivity (Wildman–Crippen MR) is 72.7 cm³/mol. The summed E-state index contributed by atoms with van der Waals surface area (Å²) in [4.78, 5) is 24.5. The third kappa shape index (κ3) is 3.71. The van der Waals surface area contributed by atoms with Gasteiger partial charge in [-0.1, -0.05) is 11.6 Å². The lowest BCUT2D eigenvalue weighted by Gasteiger charge is -2.00. The van der Waals surface area contributed by atoms with E-state index in [1.54, 1.807) is 19.9 Å². The van der Waals surface area contributed by atoms with Crippen LogP contribution in [-0.2, 0) is 11.2 Å². The van der Waals surface area contributed by atoms with Gasteiger partial charge in [-0.25, -0.2) is 19.7 Å².